The number of rotatable bonds is 7. The number of aliphatic imine (C=N–C) groups is 1. The molecule has 0 aliphatic rings. The Hall–Kier alpha value is -1.11. The van der Waals surface area contributed by atoms with Crippen LogP contribution in [0.25, 0.3) is 11.3 Å². The van der Waals surface area contributed by atoms with Gasteiger partial charge in [-0.15, -0.1) is 5.56 Å². The maximum atomic E-state index is 4.36. The maximum Gasteiger partial charge on any atom is 1.00 e. The molecule has 0 spiro atoms. The minimum absolute atomic E-state index is 0. The molecule has 0 amide bonds. The van der Waals surface area contributed by atoms with E-state index in [1.54, 1.807) is 12.2 Å². The zero-order valence-electron chi connectivity index (χ0n) is 14.7. The van der Waals surface area contributed by atoms with Crippen molar-refractivity contribution in [2.75, 3.05) is 0 Å². The van der Waals surface area contributed by atoms with Crippen LogP contribution >= 0.6 is 0 Å². The SMILES string of the molecule is C=C/C=C(\C=C)CC(=N[CH2-])c1[c-][nH]c(-c2cnn(C(C)C)c2)c1.[K+]. The summed E-state index contributed by atoms with van der Waals surface area (Å²) in [7, 11) is 3.67. The normalized spacial score (nSPS) is 12.1. The van der Waals surface area contributed by atoms with Gasteiger partial charge in [0.25, 0.3) is 0 Å². The standard InChI is InChI=1S/C19H22N4.K/c1-6-8-15(7-2)9-18(20-5)16-10-19(21-11-16)17-12-22-23(13-17)14(3)4;/h6-8,10,12-14,21H,1-2,5,9H2,3-4H3;/q-2;+1/b15-8+,20-18?;. The summed E-state index contributed by atoms with van der Waals surface area (Å²) in [4.78, 5) is 7.30. The molecule has 2 aromatic rings. The Bertz CT molecular complexity index is 747. The van der Waals surface area contributed by atoms with E-state index in [2.05, 4.69) is 55.3 Å². The van der Waals surface area contributed by atoms with Gasteiger partial charge in [-0.05, 0) is 25.8 Å². The van der Waals surface area contributed by atoms with Gasteiger partial charge in [0.05, 0.1) is 0 Å². The third kappa shape index (κ3) is 5.19. The molecule has 4 nitrogen and oxygen atoms in total. The zero-order valence-corrected chi connectivity index (χ0v) is 17.8. The van der Waals surface area contributed by atoms with Gasteiger partial charge in [-0.2, -0.15) is 18.2 Å². The first-order chi connectivity index (χ1) is 11.1. The van der Waals surface area contributed by atoms with Crippen molar-refractivity contribution in [3.8, 4) is 11.3 Å². The number of nitrogens with one attached hydrogen (secondary N) is 1. The van der Waals surface area contributed by atoms with E-state index >= 15 is 0 Å². The Morgan fingerprint density at radius 1 is 1.50 bits per heavy atom. The molecule has 0 unspecified atom stereocenters. The summed E-state index contributed by atoms with van der Waals surface area (Å²) in [6.07, 6.45) is 13.1. The van der Waals surface area contributed by atoms with Crippen molar-refractivity contribution in [1.82, 2.24) is 14.8 Å². The minimum Gasteiger partial charge on any atom is -0.446 e. The van der Waals surface area contributed by atoms with Crippen molar-refractivity contribution >= 4 is 5.71 Å². The van der Waals surface area contributed by atoms with Crippen LogP contribution in [0.15, 0.2) is 60.4 Å². The molecule has 0 bridgehead atoms. The van der Waals surface area contributed by atoms with Gasteiger partial charge in [-0.3, -0.25) is 4.68 Å². The largest absolute Gasteiger partial charge is 1.00 e. The quantitative estimate of drug-likeness (QED) is 0.352. The van der Waals surface area contributed by atoms with Crippen LogP contribution in [0.3, 0.4) is 0 Å². The number of aromatic nitrogens is 3. The Balaban J connectivity index is 0.00000288. The second-order valence-corrected chi connectivity index (χ2v) is 5.49. The molecule has 2 rings (SSSR count). The molecule has 0 saturated heterocycles. The summed E-state index contributed by atoms with van der Waals surface area (Å²) in [6, 6.07) is 2.35. The molecule has 2 aromatic heterocycles. The van der Waals surface area contributed by atoms with Crippen molar-refractivity contribution in [2.24, 2.45) is 4.99 Å². The molecular formula is C19H22KN4-. The van der Waals surface area contributed by atoms with Gasteiger partial charge in [0, 0.05) is 18.4 Å². The van der Waals surface area contributed by atoms with E-state index < -0.39 is 0 Å². The Kier molecular flexibility index (Phi) is 8.73. The second-order valence-electron chi connectivity index (χ2n) is 5.49. The molecule has 24 heavy (non-hydrogen) atoms. The summed E-state index contributed by atoms with van der Waals surface area (Å²) in [5.41, 5.74) is 4.75. The Morgan fingerprint density at radius 2 is 2.25 bits per heavy atom. The van der Waals surface area contributed by atoms with Crippen LogP contribution in [0.5, 0.6) is 0 Å². The number of hydrogen-bond acceptors (Lipinski definition) is 2. The van der Waals surface area contributed by atoms with Crippen LogP contribution in [0, 0.1) is 13.2 Å². The van der Waals surface area contributed by atoms with Crippen LogP contribution < -0.4 is 51.4 Å². The van der Waals surface area contributed by atoms with Crippen molar-refractivity contribution in [1.29, 1.82) is 0 Å². The van der Waals surface area contributed by atoms with Gasteiger partial charge in [-0.25, -0.2) is 0 Å². The maximum absolute atomic E-state index is 4.36. The summed E-state index contributed by atoms with van der Waals surface area (Å²) >= 11 is 0. The number of hydrogen-bond donors (Lipinski definition) is 1. The molecule has 120 valence electrons. The second kappa shape index (κ2) is 10.0. The van der Waals surface area contributed by atoms with Crippen LogP contribution in [0.1, 0.15) is 31.9 Å². The molecule has 0 fully saturated rings. The van der Waals surface area contributed by atoms with Gasteiger partial charge in [0.1, 0.15) is 0 Å². The van der Waals surface area contributed by atoms with E-state index in [1.165, 1.54) is 0 Å². The molecular weight excluding hydrogens is 323 g/mol. The molecule has 2 heterocycles. The van der Waals surface area contributed by atoms with Crippen molar-refractivity contribution in [3.63, 3.8) is 0 Å². The minimum atomic E-state index is 0. The van der Waals surface area contributed by atoms with E-state index in [0.29, 0.717) is 12.5 Å². The van der Waals surface area contributed by atoms with Crippen LogP contribution in [0.4, 0.5) is 0 Å². The van der Waals surface area contributed by atoms with Gasteiger partial charge in [-0.1, -0.05) is 54.6 Å². The topological polar surface area (TPSA) is 46.0 Å². The van der Waals surface area contributed by atoms with E-state index in [9.17, 15) is 0 Å². The summed E-state index contributed by atoms with van der Waals surface area (Å²) in [5.74, 6) is 0. The predicted molar refractivity (Wildman–Crippen MR) is 96.2 cm³/mol. The first-order valence-corrected chi connectivity index (χ1v) is 7.51. The molecule has 0 aromatic carbocycles. The number of allylic oxidation sites excluding steroid dienone is 4. The van der Waals surface area contributed by atoms with E-state index in [0.717, 1.165) is 28.1 Å². The molecule has 0 atom stereocenters. The fourth-order valence-electron chi connectivity index (χ4n) is 2.20. The summed E-state index contributed by atoms with van der Waals surface area (Å²) in [6.45, 7) is 11.7. The molecule has 5 heteroatoms. The van der Waals surface area contributed by atoms with E-state index in [1.807, 2.05) is 29.2 Å². The third-order valence-corrected chi connectivity index (χ3v) is 3.53. The molecule has 0 aliphatic carbocycles. The fraction of sp³-hybridized carbons (Fsp3) is 0.211. The molecule has 0 saturated carbocycles. The van der Waals surface area contributed by atoms with E-state index in [4.69, 9.17) is 0 Å². The summed E-state index contributed by atoms with van der Waals surface area (Å²) < 4.78 is 1.93. The van der Waals surface area contributed by atoms with Crippen LogP contribution in [0.2, 0.25) is 0 Å². The Morgan fingerprint density at radius 3 is 2.79 bits per heavy atom. The summed E-state index contributed by atoms with van der Waals surface area (Å²) in [5, 5.41) is 4.36. The average molecular weight is 346 g/mol. The van der Waals surface area contributed by atoms with Crippen molar-refractivity contribution in [2.45, 2.75) is 26.3 Å². The van der Waals surface area contributed by atoms with Gasteiger partial charge < -0.3 is 9.98 Å². The number of nitrogens with zero attached hydrogens (tertiary/aromatic N) is 3. The van der Waals surface area contributed by atoms with E-state index in [-0.39, 0.29) is 51.4 Å². The molecule has 0 aliphatic heterocycles. The first kappa shape index (κ1) is 20.9. The van der Waals surface area contributed by atoms with Gasteiger partial charge in [0.2, 0.25) is 0 Å². The molecule has 1 N–H and O–H groups in total. The number of aromatic amines is 1. The molecule has 0 radical (unpaired) electrons. The van der Waals surface area contributed by atoms with Gasteiger partial charge >= 0.3 is 51.4 Å². The van der Waals surface area contributed by atoms with Crippen LogP contribution in [-0.2, 0) is 0 Å². The third-order valence-electron chi connectivity index (χ3n) is 3.53. The zero-order chi connectivity index (χ0) is 16.8. The monoisotopic (exact) mass is 345 g/mol. The van der Waals surface area contributed by atoms with Crippen molar-refractivity contribution < 1.29 is 51.4 Å². The predicted octanol–water partition coefficient (Wildman–Crippen LogP) is 1.53. The van der Waals surface area contributed by atoms with Gasteiger partial charge in [0.15, 0.2) is 0 Å². The Labute approximate surface area is 186 Å². The fourth-order valence-corrected chi connectivity index (χ4v) is 2.20. The first-order valence-electron chi connectivity index (χ1n) is 7.51. The van der Waals surface area contributed by atoms with Crippen LogP contribution in [-0.4, -0.2) is 20.5 Å². The average Bonchev–Trinajstić information content (AvgIpc) is 3.19. The van der Waals surface area contributed by atoms with Crippen molar-refractivity contribution in [3.05, 3.63) is 74.2 Å². The smallest absolute Gasteiger partial charge is 0.446 e. The number of H-pyrrole nitrogens is 1.